The van der Waals surface area contributed by atoms with Crippen LogP contribution in [0.5, 0.6) is 0 Å². The highest BCUT2D eigenvalue weighted by molar-refractivity contribution is 4.81. The van der Waals surface area contributed by atoms with Gasteiger partial charge < -0.3 is 27.4 Å². The molecule has 0 radical (unpaired) electrons. The number of hydrogen-bond donors (Lipinski definition) is 5. The van der Waals surface area contributed by atoms with E-state index in [1.807, 2.05) is 0 Å². The smallest absolute Gasteiger partial charge is 0.132 e. The third kappa shape index (κ3) is 3.09. The third-order valence-corrected chi connectivity index (χ3v) is 1.32. The standard InChI is InChI=1S/C5H15N3O2/c1-3(6)5(8,10)2-4(7)9/h3-4,9-10H,2,6-8H2,1H3. The Kier molecular flexibility index (Phi) is 3.20. The van der Waals surface area contributed by atoms with Crippen LogP contribution in [0.4, 0.5) is 0 Å². The zero-order valence-electron chi connectivity index (χ0n) is 5.99. The van der Waals surface area contributed by atoms with Gasteiger partial charge in [-0.1, -0.05) is 0 Å². The van der Waals surface area contributed by atoms with Crippen molar-refractivity contribution in [1.82, 2.24) is 0 Å². The first-order valence-corrected chi connectivity index (χ1v) is 3.06. The summed E-state index contributed by atoms with van der Waals surface area (Å²) in [5.74, 6) is 0. The maximum Gasteiger partial charge on any atom is 0.132 e. The van der Waals surface area contributed by atoms with Gasteiger partial charge in [0, 0.05) is 12.5 Å². The average molecular weight is 149 g/mol. The van der Waals surface area contributed by atoms with E-state index in [2.05, 4.69) is 0 Å². The molecule has 0 aliphatic rings. The van der Waals surface area contributed by atoms with Crippen molar-refractivity contribution in [2.75, 3.05) is 0 Å². The minimum atomic E-state index is -1.58. The Morgan fingerprint density at radius 1 is 1.50 bits per heavy atom. The number of aliphatic hydroxyl groups is 2. The summed E-state index contributed by atoms with van der Waals surface area (Å²) in [5, 5.41) is 17.8. The molecule has 10 heavy (non-hydrogen) atoms. The van der Waals surface area contributed by atoms with Crippen molar-refractivity contribution < 1.29 is 10.2 Å². The van der Waals surface area contributed by atoms with Gasteiger partial charge in [-0.15, -0.1) is 0 Å². The van der Waals surface area contributed by atoms with Crippen LogP contribution in [-0.4, -0.2) is 28.2 Å². The second-order valence-corrected chi connectivity index (χ2v) is 2.55. The SMILES string of the molecule is CC(N)C(N)(O)CC(N)O. The van der Waals surface area contributed by atoms with Gasteiger partial charge in [-0.05, 0) is 6.92 Å². The van der Waals surface area contributed by atoms with Crippen LogP contribution in [0.15, 0.2) is 0 Å². The molecule has 0 aromatic heterocycles. The van der Waals surface area contributed by atoms with Crippen LogP contribution in [0.2, 0.25) is 0 Å². The molecular formula is C5H15N3O2. The first kappa shape index (κ1) is 9.80. The lowest BCUT2D eigenvalue weighted by Gasteiger charge is -2.27. The molecule has 62 valence electrons. The van der Waals surface area contributed by atoms with E-state index < -0.39 is 18.0 Å². The first-order chi connectivity index (χ1) is 4.36. The van der Waals surface area contributed by atoms with Gasteiger partial charge in [-0.25, -0.2) is 0 Å². The van der Waals surface area contributed by atoms with Crippen LogP contribution in [-0.2, 0) is 0 Å². The molecule has 3 unspecified atom stereocenters. The van der Waals surface area contributed by atoms with Gasteiger partial charge in [0.15, 0.2) is 0 Å². The van der Waals surface area contributed by atoms with Crippen molar-refractivity contribution in [2.45, 2.75) is 31.3 Å². The van der Waals surface area contributed by atoms with Crippen molar-refractivity contribution in [3.05, 3.63) is 0 Å². The van der Waals surface area contributed by atoms with E-state index in [9.17, 15) is 5.11 Å². The van der Waals surface area contributed by atoms with Gasteiger partial charge in [-0.3, -0.25) is 0 Å². The highest BCUT2D eigenvalue weighted by Gasteiger charge is 2.27. The van der Waals surface area contributed by atoms with E-state index in [0.29, 0.717) is 0 Å². The van der Waals surface area contributed by atoms with Crippen molar-refractivity contribution >= 4 is 0 Å². The fourth-order valence-corrected chi connectivity index (χ4v) is 0.521. The maximum atomic E-state index is 9.17. The molecule has 0 aliphatic heterocycles. The lowest BCUT2D eigenvalue weighted by atomic mass is 10.0. The minimum Gasteiger partial charge on any atom is -0.379 e. The highest BCUT2D eigenvalue weighted by Crippen LogP contribution is 2.06. The molecular weight excluding hydrogens is 134 g/mol. The van der Waals surface area contributed by atoms with Crippen molar-refractivity contribution in [3.8, 4) is 0 Å². The summed E-state index contributed by atoms with van der Waals surface area (Å²) in [6, 6.07) is -0.606. The lowest BCUT2D eigenvalue weighted by Crippen LogP contribution is -2.56. The predicted octanol–water partition coefficient (Wildman–Crippen LogP) is -2.35. The molecule has 3 atom stereocenters. The quantitative estimate of drug-likeness (QED) is 0.288. The second kappa shape index (κ2) is 3.27. The number of nitrogens with two attached hydrogens (primary N) is 3. The average Bonchev–Trinajstić information content (AvgIpc) is 1.60. The summed E-state index contributed by atoms with van der Waals surface area (Å²) in [6.07, 6.45) is -1.24. The lowest BCUT2D eigenvalue weighted by molar-refractivity contribution is -0.0198. The molecule has 5 heteroatoms. The summed E-state index contributed by atoms with van der Waals surface area (Å²) in [7, 11) is 0. The van der Waals surface area contributed by atoms with Crippen molar-refractivity contribution in [1.29, 1.82) is 0 Å². The van der Waals surface area contributed by atoms with E-state index in [-0.39, 0.29) is 6.42 Å². The third-order valence-electron chi connectivity index (χ3n) is 1.32. The van der Waals surface area contributed by atoms with Crippen molar-refractivity contribution in [2.24, 2.45) is 17.2 Å². The summed E-state index contributed by atoms with van der Waals surface area (Å²) in [5.41, 5.74) is 13.9. The van der Waals surface area contributed by atoms with E-state index >= 15 is 0 Å². The molecule has 0 aromatic carbocycles. The van der Waals surface area contributed by atoms with Crippen molar-refractivity contribution in [3.63, 3.8) is 0 Å². The van der Waals surface area contributed by atoms with E-state index in [4.69, 9.17) is 22.3 Å². The van der Waals surface area contributed by atoms with Gasteiger partial charge in [0.05, 0.1) is 0 Å². The summed E-state index contributed by atoms with van der Waals surface area (Å²) < 4.78 is 0. The molecule has 0 saturated carbocycles. The fraction of sp³-hybridized carbons (Fsp3) is 1.00. The van der Waals surface area contributed by atoms with E-state index in [1.165, 1.54) is 0 Å². The predicted molar refractivity (Wildman–Crippen MR) is 37.6 cm³/mol. The Bertz CT molecular complexity index is 103. The van der Waals surface area contributed by atoms with Gasteiger partial charge in [-0.2, -0.15) is 0 Å². The molecule has 0 rings (SSSR count). The largest absolute Gasteiger partial charge is 0.379 e. The summed E-state index contributed by atoms with van der Waals surface area (Å²) in [4.78, 5) is 0. The number of aliphatic hydroxyl groups excluding tert-OH is 1. The fourth-order valence-electron chi connectivity index (χ4n) is 0.521. The van der Waals surface area contributed by atoms with Crippen LogP contribution < -0.4 is 17.2 Å². The van der Waals surface area contributed by atoms with Gasteiger partial charge in [0.1, 0.15) is 12.0 Å². The maximum absolute atomic E-state index is 9.17. The number of rotatable bonds is 3. The highest BCUT2D eigenvalue weighted by atomic mass is 16.3. The van der Waals surface area contributed by atoms with Crippen LogP contribution in [0.3, 0.4) is 0 Å². The van der Waals surface area contributed by atoms with Gasteiger partial charge in [0.2, 0.25) is 0 Å². The van der Waals surface area contributed by atoms with Crippen LogP contribution in [0, 0.1) is 0 Å². The first-order valence-electron chi connectivity index (χ1n) is 3.06. The summed E-state index contributed by atoms with van der Waals surface area (Å²) in [6.45, 7) is 1.54. The van der Waals surface area contributed by atoms with Crippen LogP contribution in [0.25, 0.3) is 0 Å². The van der Waals surface area contributed by atoms with Crippen LogP contribution >= 0.6 is 0 Å². The molecule has 0 amide bonds. The molecule has 0 heterocycles. The molecule has 0 spiro atoms. The normalized spacial score (nSPS) is 23.4. The molecule has 0 aromatic rings. The van der Waals surface area contributed by atoms with Gasteiger partial charge >= 0.3 is 0 Å². The Balaban J connectivity index is 3.87. The number of hydrogen-bond acceptors (Lipinski definition) is 5. The van der Waals surface area contributed by atoms with E-state index in [0.717, 1.165) is 0 Å². The second-order valence-electron chi connectivity index (χ2n) is 2.55. The molecule has 0 saturated heterocycles. The van der Waals surface area contributed by atoms with Gasteiger partial charge in [0.25, 0.3) is 0 Å². The monoisotopic (exact) mass is 149 g/mol. The molecule has 0 aliphatic carbocycles. The molecule has 0 fully saturated rings. The Morgan fingerprint density at radius 2 is 1.90 bits per heavy atom. The zero-order chi connectivity index (χ0) is 8.36. The minimum absolute atomic E-state index is 0.120. The Labute approximate surface area is 59.8 Å². The molecule has 0 bridgehead atoms. The Morgan fingerprint density at radius 3 is 2.00 bits per heavy atom. The molecule has 5 nitrogen and oxygen atoms in total. The molecule has 8 N–H and O–H groups in total. The van der Waals surface area contributed by atoms with Crippen LogP contribution in [0.1, 0.15) is 13.3 Å². The topological polar surface area (TPSA) is 119 Å². The summed E-state index contributed by atoms with van der Waals surface area (Å²) >= 11 is 0. The zero-order valence-corrected chi connectivity index (χ0v) is 5.99. The Hall–Kier alpha value is -0.200. The van der Waals surface area contributed by atoms with E-state index in [1.54, 1.807) is 6.92 Å².